The topological polar surface area (TPSA) is 150 Å². The van der Waals surface area contributed by atoms with Gasteiger partial charge >= 0.3 is 0 Å². The SMILES string of the molecule is Cc1nc(C)nc(-c2ccc3c(c2)c2ccccc2n3-c2ccc(-c3cccc(C#N)c3)cc2-c2cc(-c3nc(-c4ccccc4)nc(-c4ccccc4)n3)ccc2-n2c3ccccc3c3cc(-c4nc(C)nc(C)n4)ccc32)n1. The third kappa shape index (κ3) is 8.37. The standard InChI is InChI=1S/C68H46N12/c1-40-70-41(2)73-66(72-40)49-27-31-60-54(36-49)52-22-11-13-24-58(52)79(60)62-30-26-48(47-21-15-16-44(34-47)39-69)35-56(62)57-38-51(68-77-64(45-17-7-5-8-18-45)76-65(78-68)46-19-9-6-10-20-46)29-33-63(57)80-59-25-14-12-23-53(59)55-37-50(28-32-61(55)80)67-74-42(3)71-43(4)75-67/h5-38H,1-4H3. The fraction of sp³-hybridized carbons (Fsp3) is 0.0588. The van der Waals surface area contributed by atoms with Gasteiger partial charge in [0.2, 0.25) is 0 Å². The summed E-state index contributed by atoms with van der Waals surface area (Å²) in [7, 11) is 0. The summed E-state index contributed by atoms with van der Waals surface area (Å²) in [6.07, 6.45) is 0. The number of aryl methyl sites for hydroxylation is 4. The maximum Gasteiger partial charge on any atom is 0.164 e. The molecule has 5 aromatic heterocycles. The molecule has 0 aliphatic heterocycles. The third-order valence-corrected chi connectivity index (χ3v) is 14.6. The van der Waals surface area contributed by atoms with Crippen LogP contribution in [0, 0.1) is 39.0 Å². The van der Waals surface area contributed by atoms with Crippen LogP contribution in [0.25, 0.3) is 134 Å². The highest BCUT2D eigenvalue weighted by Crippen LogP contribution is 2.45. The van der Waals surface area contributed by atoms with Crippen molar-refractivity contribution in [2.75, 3.05) is 0 Å². The first kappa shape index (κ1) is 47.5. The quantitative estimate of drug-likeness (QED) is 0.137. The highest BCUT2D eigenvalue weighted by atomic mass is 15.1. The van der Waals surface area contributed by atoms with Crippen molar-refractivity contribution in [2.24, 2.45) is 0 Å². The van der Waals surface area contributed by atoms with Crippen LogP contribution in [0.4, 0.5) is 0 Å². The number of hydrogen-bond acceptors (Lipinski definition) is 10. The van der Waals surface area contributed by atoms with Crippen molar-refractivity contribution in [1.82, 2.24) is 54.0 Å². The molecule has 0 atom stereocenters. The van der Waals surface area contributed by atoms with Crippen LogP contribution in [0.15, 0.2) is 206 Å². The molecule has 0 aliphatic rings. The number of rotatable bonds is 9. The fourth-order valence-electron chi connectivity index (χ4n) is 11.2. The molecule has 5 heterocycles. The van der Waals surface area contributed by atoms with E-state index in [2.05, 4.69) is 153 Å². The van der Waals surface area contributed by atoms with E-state index in [4.69, 9.17) is 34.9 Å². The predicted octanol–water partition coefficient (Wildman–Crippen LogP) is 15.2. The third-order valence-electron chi connectivity index (χ3n) is 14.6. The van der Waals surface area contributed by atoms with Crippen LogP contribution in [0.2, 0.25) is 0 Å². The van der Waals surface area contributed by atoms with Crippen LogP contribution in [-0.4, -0.2) is 54.0 Å². The van der Waals surface area contributed by atoms with E-state index in [-0.39, 0.29) is 0 Å². The first-order valence-electron chi connectivity index (χ1n) is 26.3. The summed E-state index contributed by atoms with van der Waals surface area (Å²) in [5.74, 6) is 5.56. The summed E-state index contributed by atoms with van der Waals surface area (Å²) >= 11 is 0. The lowest BCUT2D eigenvalue weighted by Crippen LogP contribution is -2.04. The van der Waals surface area contributed by atoms with E-state index in [0.717, 1.165) is 105 Å². The van der Waals surface area contributed by atoms with Gasteiger partial charge in [-0.1, -0.05) is 115 Å². The molecule has 0 N–H and O–H groups in total. The Hall–Kier alpha value is -10.9. The minimum Gasteiger partial charge on any atom is -0.309 e. The van der Waals surface area contributed by atoms with Gasteiger partial charge in [0, 0.05) is 60.5 Å². The Morgan fingerprint density at radius 3 is 1.14 bits per heavy atom. The second kappa shape index (κ2) is 19.3. The molecule has 0 unspecified atom stereocenters. The van der Waals surface area contributed by atoms with Crippen molar-refractivity contribution in [2.45, 2.75) is 27.7 Å². The maximum atomic E-state index is 10.2. The number of hydrogen-bond donors (Lipinski definition) is 0. The van der Waals surface area contributed by atoms with E-state index in [1.807, 2.05) is 107 Å². The molecule has 0 spiro atoms. The maximum absolute atomic E-state index is 10.2. The monoisotopic (exact) mass is 1030 g/mol. The average molecular weight is 1030 g/mol. The summed E-state index contributed by atoms with van der Waals surface area (Å²) in [5, 5.41) is 14.4. The Balaban J connectivity index is 1.09. The van der Waals surface area contributed by atoms with Crippen LogP contribution in [0.1, 0.15) is 28.9 Å². The van der Waals surface area contributed by atoms with E-state index in [0.29, 0.717) is 58.0 Å². The van der Waals surface area contributed by atoms with Gasteiger partial charge in [0.15, 0.2) is 29.1 Å². The molecular weight excluding hydrogens is 985 g/mol. The molecule has 14 aromatic rings. The minimum absolute atomic E-state index is 0.521. The van der Waals surface area contributed by atoms with Gasteiger partial charge in [0.1, 0.15) is 23.3 Å². The highest BCUT2D eigenvalue weighted by Gasteiger charge is 2.24. The van der Waals surface area contributed by atoms with Gasteiger partial charge in [-0.2, -0.15) is 5.26 Å². The van der Waals surface area contributed by atoms with Crippen LogP contribution < -0.4 is 0 Å². The van der Waals surface area contributed by atoms with E-state index in [1.165, 1.54) is 0 Å². The van der Waals surface area contributed by atoms with E-state index >= 15 is 0 Å². The minimum atomic E-state index is 0.521. The number of nitriles is 1. The van der Waals surface area contributed by atoms with Gasteiger partial charge < -0.3 is 9.13 Å². The Bertz CT molecular complexity index is 4740. The van der Waals surface area contributed by atoms with Gasteiger partial charge in [0.05, 0.1) is 45.1 Å². The lowest BCUT2D eigenvalue weighted by molar-refractivity contribution is 0.928. The molecule has 378 valence electrons. The molecule has 12 nitrogen and oxygen atoms in total. The number of benzene rings is 9. The summed E-state index contributed by atoms with van der Waals surface area (Å²) in [6, 6.07) is 73.4. The zero-order valence-corrected chi connectivity index (χ0v) is 44.0. The van der Waals surface area contributed by atoms with Gasteiger partial charge in [-0.25, -0.2) is 44.9 Å². The van der Waals surface area contributed by atoms with Crippen LogP contribution in [-0.2, 0) is 0 Å². The normalized spacial score (nSPS) is 11.5. The Kier molecular flexibility index (Phi) is 11.5. The van der Waals surface area contributed by atoms with Crippen molar-refractivity contribution in [1.29, 1.82) is 5.26 Å². The highest BCUT2D eigenvalue weighted by molar-refractivity contribution is 6.13. The molecule has 0 saturated heterocycles. The van der Waals surface area contributed by atoms with Crippen LogP contribution in [0.5, 0.6) is 0 Å². The van der Waals surface area contributed by atoms with E-state index < -0.39 is 0 Å². The van der Waals surface area contributed by atoms with Crippen molar-refractivity contribution in [3.8, 4) is 96.6 Å². The second-order valence-corrected chi connectivity index (χ2v) is 19.9. The molecule has 0 saturated carbocycles. The van der Waals surface area contributed by atoms with Gasteiger partial charge in [0.25, 0.3) is 0 Å². The molecular formula is C68H46N12. The van der Waals surface area contributed by atoms with Crippen LogP contribution >= 0.6 is 0 Å². The molecule has 0 fully saturated rings. The fourth-order valence-corrected chi connectivity index (χ4v) is 11.2. The molecule has 80 heavy (non-hydrogen) atoms. The van der Waals surface area contributed by atoms with Gasteiger partial charge in [-0.3, -0.25) is 0 Å². The number of nitrogens with zero attached hydrogens (tertiary/aromatic N) is 12. The van der Waals surface area contributed by atoms with Gasteiger partial charge in [-0.15, -0.1) is 0 Å². The van der Waals surface area contributed by atoms with Crippen molar-refractivity contribution >= 4 is 43.6 Å². The average Bonchev–Trinajstić information content (AvgIpc) is 4.20. The zero-order chi connectivity index (χ0) is 54.0. The van der Waals surface area contributed by atoms with Gasteiger partial charge in [-0.05, 0) is 130 Å². The molecule has 9 aromatic carbocycles. The van der Waals surface area contributed by atoms with E-state index in [9.17, 15) is 5.26 Å². The second-order valence-electron chi connectivity index (χ2n) is 19.9. The Labute approximate surface area is 460 Å². The van der Waals surface area contributed by atoms with Crippen molar-refractivity contribution < 1.29 is 0 Å². The van der Waals surface area contributed by atoms with Crippen molar-refractivity contribution in [3.63, 3.8) is 0 Å². The molecule has 0 amide bonds. The first-order valence-corrected chi connectivity index (χ1v) is 26.3. The molecule has 12 heteroatoms. The largest absolute Gasteiger partial charge is 0.309 e. The summed E-state index contributed by atoms with van der Waals surface area (Å²) < 4.78 is 4.72. The summed E-state index contributed by atoms with van der Waals surface area (Å²) in [6.45, 7) is 7.59. The van der Waals surface area contributed by atoms with E-state index in [1.54, 1.807) is 0 Å². The number of para-hydroxylation sites is 2. The number of fused-ring (bicyclic) bond motifs is 6. The molecule has 14 rings (SSSR count). The van der Waals surface area contributed by atoms with Crippen molar-refractivity contribution in [3.05, 3.63) is 235 Å². The Morgan fingerprint density at radius 2 is 0.650 bits per heavy atom. The number of aromatic nitrogens is 11. The molecule has 0 radical (unpaired) electrons. The lowest BCUT2D eigenvalue weighted by Gasteiger charge is -2.21. The summed E-state index contributed by atoms with van der Waals surface area (Å²) in [5.41, 5.74) is 14.5. The molecule has 0 aliphatic carbocycles. The Morgan fingerprint density at radius 1 is 0.287 bits per heavy atom. The zero-order valence-electron chi connectivity index (χ0n) is 44.0. The summed E-state index contributed by atoms with van der Waals surface area (Å²) in [4.78, 5) is 43.6. The molecule has 0 bridgehead atoms. The smallest absolute Gasteiger partial charge is 0.164 e. The lowest BCUT2D eigenvalue weighted by atomic mass is 9.93. The van der Waals surface area contributed by atoms with Crippen LogP contribution in [0.3, 0.4) is 0 Å². The predicted molar refractivity (Wildman–Crippen MR) is 317 cm³/mol. The first-order chi connectivity index (χ1) is 39.2.